The number of imidazole rings is 1. The summed E-state index contributed by atoms with van der Waals surface area (Å²) in [7, 11) is 1.66. The Hall–Kier alpha value is -3.34. The summed E-state index contributed by atoms with van der Waals surface area (Å²) in [5.41, 5.74) is 3.35. The largest absolute Gasteiger partial charge is 0.495 e. The van der Waals surface area contributed by atoms with E-state index < -0.39 is 0 Å². The van der Waals surface area contributed by atoms with E-state index >= 15 is 0 Å². The van der Waals surface area contributed by atoms with E-state index in [-0.39, 0.29) is 0 Å². The molecular weight excluding hydrogens is 300 g/mol. The molecular formula is C19H16N4O. The smallest absolute Gasteiger partial charge is 0.145 e. The standard InChI is InChI=1S/C19H16N4O/c1-24-16-10-3-2-8-14(16)21-19-18(15-9-4-6-12-20-15)22-17-11-5-7-13-23(17)19/h2-13,21H,1H3. The second kappa shape index (κ2) is 6.04. The Balaban J connectivity index is 1.90. The van der Waals surface area contributed by atoms with Crippen LogP contribution in [-0.4, -0.2) is 21.5 Å². The summed E-state index contributed by atoms with van der Waals surface area (Å²) in [6.07, 6.45) is 3.75. The number of benzene rings is 1. The first-order chi connectivity index (χ1) is 11.9. The van der Waals surface area contributed by atoms with Crippen LogP contribution in [-0.2, 0) is 0 Å². The number of hydrogen-bond donors (Lipinski definition) is 1. The van der Waals surface area contributed by atoms with Gasteiger partial charge in [-0.05, 0) is 36.4 Å². The van der Waals surface area contributed by atoms with Crippen molar-refractivity contribution in [2.24, 2.45) is 0 Å². The lowest BCUT2D eigenvalue weighted by Crippen LogP contribution is -1.99. The van der Waals surface area contributed by atoms with Crippen molar-refractivity contribution in [3.05, 3.63) is 73.1 Å². The van der Waals surface area contributed by atoms with Crippen LogP contribution in [0, 0.1) is 0 Å². The van der Waals surface area contributed by atoms with Gasteiger partial charge >= 0.3 is 0 Å². The van der Waals surface area contributed by atoms with Crippen LogP contribution in [0.15, 0.2) is 73.1 Å². The number of hydrogen-bond acceptors (Lipinski definition) is 4. The summed E-state index contributed by atoms with van der Waals surface area (Å²) >= 11 is 0. The molecule has 0 amide bonds. The first-order valence-electron chi connectivity index (χ1n) is 7.65. The average Bonchev–Trinajstić information content (AvgIpc) is 3.02. The predicted octanol–water partition coefficient (Wildman–Crippen LogP) is 4.15. The van der Waals surface area contributed by atoms with Crippen molar-refractivity contribution in [1.82, 2.24) is 14.4 Å². The summed E-state index contributed by atoms with van der Waals surface area (Å²) in [5.74, 6) is 1.63. The van der Waals surface area contributed by atoms with Crippen LogP contribution >= 0.6 is 0 Å². The zero-order valence-corrected chi connectivity index (χ0v) is 13.2. The molecule has 24 heavy (non-hydrogen) atoms. The fourth-order valence-electron chi connectivity index (χ4n) is 2.67. The topological polar surface area (TPSA) is 51.5 Å². The van der Waals surface area contributed by atoms with Crippen molar-refractivity contribution < 1.29 is 4.74 Å². The summed E-state index contributed by atoms with van der Waals surface area (Å²) in [4.78, 5) is 9.17. The second-order valence-corrected chi connectivity index (χ2v) is 5.28. The zero-order chi connectivity index (χ0) is 16.4. The SMILES string of the molecule is COc1ccccc1Nc1c(-c2ccccn2)nc2ccccn12. The van der Waals surface area contributed by atoms with Crippen LogP contribution in [0.3, 0.4) is 0 Å². The molecule has 0 radical (unpaired) electrons. The molecule has 5 nitrogen and oxygen atoms in total. The normalized spacial score (nSPS) is 10.7. The molecule has 0 bridgehead atoms. The summed E-state index contributed by atoms with van der Waals surface area (Å²) in [6.45, 7) is 0. The fraction of sp³-hybridized carbons (Fsp3) is 0.0526. The highest BCUT2D eigenvalue weighted by Crippen LogP contribution is 2.33. The van der Waals surface area contributed by atoms with Crippen molar-refractivity contribution in [3.63, 3.8) is 0 Å². The molecule has 0 saturated carbocycles. The lowest BCUT2D eigenvalue weighted by Gasteiger charge is -2.12. The van der Waals surface area contributed by atoms with Crippen LogP contribution < -0.4 is 10.1 Å². The number of fused-ring (bicyclic) bond motifs is 1. The van der Waals surface area contributed by atoms with Gasteiger partial charge < -0.3 is 10.1 Å². The van der Waals surface area contributed by atoms with Crippen LogP contribution in [0.25, 0.3) is 17.0 Å². The predicted molar refractivity (Wildman–Crippen MR) is 94.7 cm³/mol. The molecule has 5 heteroatoms. The van der Waals surface area contributed by atoms with Crippen molar-refractivity contribution in [1.29, 1.82) is 0 Å². The maximum absolute atomic E-state index is 5.44. The Morgan fingerprint density at radius 2 is 1.79 bits per heavy atom. The van der Waals surface area contributed by atoms with Gasteiger partial charge in [-0.15, -0.1) is 0 Å². The third kappa shape index (κ3) is 2.46. The Morgan fingerprint density at radius 3 is 2.62 bits per heavy atom. The van der Waals surface area contributed by atoms with Gasteiger partial charge in [-0.25, -0.2) is 4.98 Å². The molecule has 118 valence electrons. The minimum Gasteiger partial charge on any atom is -0.495 e. The summed E-state index contributed by atoms with van der Waals surface area (Å²) in [6, 6.07) is 19.5. The maximum Gasteiger partial charge on any atom is 0.145 e. The molecule has 1 aromatic carbocycles. The van der Waals surface area contributed by atoms with Gasteiger partial charge in [-0.3, -0.25) is 9.38 Å². The van der Waals surface area contributed by atoms with Crippen molar-refractivity contribution >= 4 is 17.2 Å². The van der Waals surface area contributed by atoms with Crippen molar-refractivity contribution in [2.45, 2.75) is 0 Å². The van der Waals surface area contributed by atoms with Crippen LogP contribution in [0.5, 0.6) is 5.75 Å². The Morgan fingerprint density at radius 1 is 0.958 bits per heavy atom. The first kappa shape index (κ1) is 14.3. The Labute approximate surface area is 139 Å². The van der Waals surface area contributed by atoms with Gasteiger partial charge in [0.2, 0.25) is 0 Å². The van der Waals surface area contributed by atoms with Gasteiger partial charge in [0.15, 0.2) is 0 Å². The van der Waals surface area contributed by atoms with Crippen LogP contribution in [0.1, 0.15) is 0 Å². The van der Waals surface area contributed by atoms with E-state index in [4.69, 9.17) is 9.72 Å². The number of pyridine rings is 2. The van der Waals surface area contributed by atoms with E-state index in [0.29, 0.717) is 0 Å². The molecule has 0 unspecified atom stereocenters. The van der Waals surface area contributed by atoms with Gasteiger partial charge in [0.25, 0.3) is 0 Å². The molecule has 0 spiro atoms. The summed E-state index contributed by atoms with van der Waals surface area (Å²) < 4.78 is 7.45. The minimum atomic E-state index is 0.773. The third-order valence-corrected chi connectivity index (χ3v) is 3.80. The number of nitrogens with one attached hydrogen (secondary N) is 1. The van der Waals surface area contributed by atoms with E-state index in [2.05, 4.69) is 10.3 Å². The average molecular weight is 316 g/mol. The summed E-state index contributed by atoms with van der Waals surface area (Å²) in [5, 5.41) is 3.45. The molecule has 0 fully saturated rings. The third-order valence-electron chi connectivity index (χ3n) is 3.80. The Bertz CT molecular complexity index is 979. The van der Waals surface area contributed by atoms with Gasteiger partial charge in [-0.1, -0.05) is 24.3 Å². The van der Waals surface area contributed by atoms with Gasteiger partial charge in [-0.2, -0.15) is 0 Å². The fourth-order valence-corrected chi connectivity index (χ4v) is 2.67. The first-order valence-corrected chi connectivity index (χ1v) is 7.65. The quantitative estimate of drug-likeness (QED) is 0.614. The maximum atomic E-state index is 5.44. The highest BCUT2D eigenvalue weighted by Gasteiger charge is 2.16. The minimum absolute atomic E-state index is 0.773. The number of rotatable bonds is 4. The molecule has 0 saturated heterocycles. The number of para-hydroxylation sites is 2. The lowest BCUT2D eigenvalue weighted by molar-refractivity contribution is 0.417. The molecule has 0 atom stereocenters. The van der Waals surface area contributed by atoms with E-state index in [1.54, 1.807) is 13.3 Å². The van der Waals surface area contributed by atoms with Gasteiger partial charge in [0, 0.05) is 12.4 Å². The van der Waals surface area contributed by atoms with Gasteiger partial charge in [0.05, 0.1) is 18.5 Å². The molecule has 3 heterocycles. The molecule has 4 rings (SSSR count). The Kier molecular flexibility index (Phi) is 3.59. The van der Waals surface area contributed by atoms with E-state index in [1.807, 2.05) is 71.3 Å². The van der Waals surface area contributed by atoms with Crippen LogP contribution in [0.4, 0.5) is 11.5 Å². The molecule has 0 aliphatic heterocycles. The molecule has 3 aromatic heterocycles. The number of ether oxygens (including phenoxy) is 1. The highest BCUT2D eigenvalue weighted by atomic mass is 16.5. The van der Waals surface area contributed by atoms with E-state index in [0.717, 1.165) is 34.3 Å². The van der Waals surface area contributed by atoms with E-state index in [1.165, 1.54) is 0 Å². The second-order valence-electron chi connectivity index (χ2n) is 5.28. The van der Waals surface area contributed by atoms with Crippen molar-refractivity contribution in [2.75, 3.05) is 12.4 Å². The molecule has 1 N–H and O–H groups in total. The number of methoxy groups -OCH3 is 1. The van der Waals surface area contributed by atoms with Crippen molar-refractivity contribution in [3.8, 4) is 17.1 Å². The zero-order valence-electron chi connectivity index (χ0n) is 13.2. The van der Waals surface area contributed by atoms with E-state index in [9.17, 15) is 0 Å². The number of aromatic nitrogens is 3. The molecule has 0 aliphatic rings. The van der Waals surface area contributed by atoms with Crippen LogP contribution in [0.2, 0.25) is 0 Å². The number of nitrogens with zero attached hydrogens (tertiary/aromatic N) is 3. The molecule has 4 aromatic rings. The van der Waals surface area contributed by atoms with Gasteiger partial charge in [0.1, 0.15) is 22.9 Å². The number of anilines is 2. The monoisotopic (exact) mass is 316 g/mol. The molecule has 0 aliphatic carbocycles. The highest BCUT2D eigenvalue weighted by molar-refractivity contribution is 5.79. The lowest BCUT2D eigenvalue weighted by atomic mass is 10.2.